The molecule has 2 aromatic heterocycles. The lowest BCUT2D eigenvalue weighted by Crippen LogP contribution is -2.41. The highest BCUT2D eigenvalue weighted by molar-refractivity contribution is 7.09. The largest absolute Gasteiger partial charge is 0.379 e. The van der Waals surface area contributed by atoms with Gasteiger partial charge in [-0.05, 0) is 24.1 Å². The fourth-order valence-electron chi connectivity index (χ4n) is 2.75. The van der Waals surface area contributed by atoms with Crippen molar-refractivity contribution >= 4 is 17.2 Å². The second-order valence-electron chi connectivity index (χ2n) is 6.07. The van der Waals surface area contributed by atoms with Crippen LogP contribution in [0.2, 0.25) is 0 Å². The Morgan fingerprint density at radius 3 is 2.84 bits per heavy atom. The minimum Gasteiger partial charge on any atom is -0.379 e. The predicted molar refractivity (Wildman–Crippen MR) is 97.7 cm³/mol. The van der Waals surface area contributed by atoms with E-state index in [1.54, 1.807) is 11.3 Å². The smallest absolute Gasteiger partial charge is 0.226 e. The Morgan fingerprint density at radius 2 is 2.04 bits per heavy atom. The lowest BCUT2D eigenvalue weighted by molar-refractivity contribution is -0.120. The molecule has 1 amide bonds. The lowest BCUT2D eigenvalue weighted by Gasteiger charge is -2.26. The molecule has 1 aliphatic heterocycles. The Kier molecular flexibility index (Phi) is 6.90. The third-order valence-electron chi connectivity index (χ3n) is 4.17. The van der Waals surface area contributed by atoms with Crippen molar-refractivity contribution in [3.63, 3.8) is 0 Å². The number of aryl methyl sites for hydroxylation is 2. The Hall–Kier alpha value is -1.83. The summed E-state index contributed by atoms with van der Waals surface area (Å²) in [7, 11) is 0. The van der Waals surface area contributed by atoms with Crippen molar-refractivity contribution in [3.05, 3.63) is 46.2 Å². The van der Waals surface area contributed by atoms with Crippen LogP contribution in [0.4, 0.5) is 0 Å². The van der Waals surface area contributed by atoms with Gasteiger partial charge in [-0.1, -0.05) is 0 Å². The monoisotopic (exact) mass is 360 g/mol. The number of pyridine rings is 1. The fourth-order valence-corrected chi connectivity index (χ4v) is 3.55. The number of carbonyl (C=O) groups excluding carboxylic acids is 1. The first-order chi connectivity index (χ1) is 12.3. The first-order valence-electron chi connectivity index (χ1n) is 8.68. The van der Waals surface area contributed by atoms with Gasteiger partial charge in [0, 0.05) is 50.4 Å². The van der Waals surface area contributed by atoms with Crippen molar-refractivity contribution in [3.8, 4) is 0 Å². The van der Waals surface area contributed by atoms with Gasteiger partial charge in [-0.15, -0.1) is 11.3 Å². The molecule has 1 N–H and O–H groups in total. The molecule has 1 fully saturated rings. The van der Waals surface area contributed by atoms with Gasteiger partial charge in [-0.25, -0.2) is 4.98 Å². The highest BCUT2D eigenvalue weighted by Gasteiger charge is 2.11. The summed E-state index contributed by atoms with van der Waals surface area (Å²) in [5, 5.41) is 6.05. The summed E-state index contributed by atoms with van der Waals surface area (Å²) < 4.78 is 5.32. The molecule has 0 saturated carbocycles. The van der Waals surface area contributed by atoms with Gasteiger partial charge in [-0.3, -0.25) is 14.7 Å². The number of ether oxygens (including phenoxy) is 1. The number of carbonyl (C=O) groups is 1. The Balaban J connectivity index is 1.36. The minimum absolute atomic E-state index is 0.0410. The zero-order chi connectivity index (χ0) is 17.3. The molecule has 1 saturated heterocycles. The molecule has 6 nitrogen and oxygen atoms in total. The third kappa shape index (κ3) is 6.19. The number of rotatable bonds is 8. The first kappa shape index (κ1) is 18.0. The van der Waals surface area contributed by atoms with Crippen LogP contribution in [-0.4, -0.2) is 60.2 Å². The standard InChI is InChI=1S/C18H24N4O2S/c23-17(20-7-8-22-9-11-24-12-10-22)13-16-14-25-18(21-16)2-1-15-3-5-19-6-4-15/h3-6,14H,1-2,7-13H2,(H,20,23). The maximum absolute atomic E-state index is 12.0. The molecule has 0 spiro atoms. The normalized spacial score (nSPS) is 15.2. The highest BCUT2D eigenvalue weighted by atomic mass is 32.1. The Bertz CT molecular complexity index is 656. The molecule has 1 aliphatic rings. The average Bonchev–Trinajstić information content (AvgIpc) is 3.09. The molecule has 0 radical (unpaired) electrons. The predicted octanol–water partition coefficient (Wildman–Crippen LogP) is 1.31. The van der Waals surface area contributed by atoms with Crippen molar-refractivity contribution in [1.82, 2.24) is 20.2 Å². The number of morpholine rings is 1. The average molecular weight is 360 g/mol. The number of hydrogen-bond acceptors (Lipinski definition) is 6. The summed E-state index contributed by atoms with van der Waals surface area (Å²) in [6, 6.07) is 4.05. The zero-order valence-corrected chi connectivity index (χ0v) is 15.1. The van der Waals surface area contributed by atoms with Crippen LogP contribution in [0.1, 0.15) is 16.3 Å². The summed E-state index contributed by atoms with van der Waals surface area (Å²) in [5.74, 6) is 0.0410. The summed E-state index contributed by atoms with van der Waals surface area (Å²) in [6.45, 7) is 5.02. The van der Waals surface area contributed by atoms with E-state index >= 15 is 0 Å². The number of thiazole rings is 1. The van der Waals surface area contributed by atoms with E-state index < -0.39 is 0 Å². The molecule has 134 valence electrons. The second kappa shape index (κ2) is 9.60. The SMILES string of the molecule is O=C(Cc1csc(CCc2ccncc2)n1)NCCN1CCOCC1. The van der Waals surface area contributed by atoms with E-state index in [4.69, 9.17) is 4.74 Å². The quantitative estimate of drug-likeness (QED) is 0.769. The maximum atomic E-state index is 12.0. The van der Waals surface area contributed by atoms with E-state index in [9.17, 15) is 4.79 Å². The molecule has 2 aromatic rings. The van der Waals surface area contributed by atoms with E-state index in [1.807, 2.05) is 29.9 Å². The van der Waals surface area contributed by atoms with Crippen molar-refractivity contribution in [2.24, 2.45) is 0 Å². The summed E-state index contributed by atoms with van der Waals surface area (Å²) in [5.41, 5.74) is 2.12. The topological polar surface area (TPSA) is 67.4 Å². The van der Waals surface area contributed by atoms with Crippen molar-refractivity contribution < 1.29 is 9.53 Å². The number of aromatic nitrogens is 2. The van der Waals surface area contributed by atoms with E-state index in [0.29, 0.717) is 13.0 Å². The summed E-state index contributed by atoms with van der Waals surface area (Å²) in [6.07, 6.45) is 5.82. The van der Waals surface area contributed by atoms with Gasteiger partial charge in [-0.2, -0.15) is 0 Å². The second-order valence-corrected chi connectivity index (χ2v) is 7.01. The molecule has 0 unspecified atom stereocenters. The van der Waals surface area contributed by atoms with Crippen LogP contribution < -0.4 is 5.32 Å². The fraction of sp³-hybridized carbons (Fsp3) is 0.500. The Labute approximate surface area is 152 Å². The van der Waals surface area contributed by atoms with E-state index in [2.05, 4.69) is 20.2 Å². The number of nitrogens with zero attached hydrogens (tertiary/aromatic N) is 3. The number of amides is 1. The van der Waals surface area contributed by atoms with Crippen molar-refractivity contribution in [2.45, 2.75) is 19.3 Å². The minimum atomic E-state index is 0.0410. The molecule has 7 heteroatoms. The van der Waals surface area contributed by atoms with Gasteiger partial charge in [0.05, 0.1) is 30.3 Å². The molecule has 0 aromatic carbocycles. The van der Waals surface area contributed by atoms with Crippen LogP contribution in [0.15, 0.2) is 29.9 Å². The van der Waals surface area contributed by atoms with Crippen molar-refractivity contribution in [2.75, 3.05) is 39.4 Å². The summed E-state index contributed by atoms with van der Waals surface area (Å²) in [4.78, 5) is 23.0. The molecule has 0 atom stereocenters. The molecule has 3 rings (SSSR count). The summed E-state index contributed by atoms with van der Waals surface area (Å²) >= 11 is 1.63. The van der Waals surface area contributed by atoms with Gasteiger partial charge in [0.15, 0.2) is 0 Å². The van der Waals surface area contributed by atoms with Crippen LogP contribution in [0.5, 0.6) is 0 Å². The highest BCUT2D eigenvalue weighted by Crippen LogP contribution is 2.13. The van der Waals surface area contributed by atoms with Crippen LogP contribution >= 0.6 is 11.3 Å². The molecular formula is C18H24N4O2S. The van der Waals surface area contributed by atoms with E-state index in [0.717, 1.165) is 56.4 Å². The van der Waals surface area contributed by atoms with Crippen LogP contribution in [0.3, 0.4) is 0 Å². The third-order valence-corrected chi connectivity index (χ3v) is 5.13. The van der Waals surface area contributed by atoms with Gasteiger partial charge < -0.3 is 10.1 Å². The van der Waals surface area contributed by atoms with Gasteiger partial charge in [0.25, 0.3) is 0 Å². The number of nitrogens with one attached hydrogen (secondary N) is 1. The number of hydrogen-bond donors (Lipinski definition) is 1. The van der Waals surface area contributed by atoms with Crippen LogP contribution in [0, 0.1) is 0 Å². The van der Waals surface area contributed by atoms with Crippen LogP contribution in [0.25, 0.3) is 0 Å². The van der Waals surface area contributed by atoms with Gasteiger partial charge in [0.2, 0.25) is 5.91 Å². The molecule has 25 heavy (non-hydrogen) atoms. The zero-order valence-electron chi connectivity index (χ0n) is 14.3. The first-order valence-corrected chi connectivity index (χ1v) is 9.56. The molecular weight excluding hydrogens is 336 g/mol. The van der Waals surface area contributed by atoms with E-state index in [-0.39, 0.29) is 5.91 Å². The molecule has 0 aliphatic carbocycles. The van der Waals surface area contributed by atoms with Crippen LogP contribution in [-0.2, 0) is 28.8 Å². The van der Waals surface area contributed by atoms with E-state index in [1.165, 1.54) is 5.56 Å². The molecule has 3 heterocycles. The van der Waals surface area contributed by atoms with Crippen molar-refractivity contribution in [1.29, 1.82) is 0 Å². The molecule has 0 bridgehead atoms. The Morgan fingerprint density at radius 1 is 1.24 bits per heavy atom. The lowest BCUT2D eigenvalue weighted by atomic mass is 10.1. The van der Waals surface area contributed by atoms with Gasteiger partial charge >= 0.3 is 0 Å². The maximum Gasteiger partial charge on any atom is 0.226 e. The van der Waals surface area contributed by atoms with Gasteiger partial charge in [0.1, 0.15) is 0 Å².